The maximum absolute atomic E-state index is 12.3. The number of phenols is 2. The van der Waals surface area contributed by atoms with Crippen LogP contribution in [0.5, 0.6) is 11.5 Å². The fourth-order valence-corrected chi connectivity index (χ4v) is 7.08. The highest BCUT2D eigenvalue weighted by molar-refractivity contribution is 8.89. The van der Waals surface area contributed by atoms with Crippen molar-refractivity contribution in [2.45, 2.75) is 23.6 Å². The van der Waals surface area contributed by atoms with Crippen molar-refractivity contribution < 1.29 is 19.7 Å². The van der Waals surface area contributed by atoms with E-state index in [1.807, 2.05) is 13.8 Å². The SMILES string of the molecule is Cc1ccc(SP(=O)(O)Sc2ccc(C)cc2O)c(O)c1. The molecule has 0 radical (unpaired) electrons. The minimum absolute atomic E-state index is 0.0250. The van der Waals surface area contributed by atoms with Gasteiger partial charge in [0.25, 0.3) is 0 Å². The van der Waals surface area contributed by atoms with Gasteiger partial charge in [-0.3, -0.25) is 4.57 Å². The number of rotatable bonds is 4. The highest BCUT2D eigenvalue weighted by Gasteiger charge is 2.25. The molecule has 2 aromatic carbocycles. The van der Waals surface area contributed by atoms with Crippen molar-refractivity contribution in [3.8, 4) is 11.5 Å². The van der Waals surface area contributed by atoms with E-state index in [9.17, 15) is 19.7 Å². The Morgan fingerprint density at radius 1 is 0.857 bits per heavy atom. The van der Waals surface area contributed by atoms with Gasteiger partial charge in [0.05, 0.1) is 9.79 Å². The summed E-state index contributed by atoms with van der Waals surface area (Å²) in [6.45, 7) is 3.65. The van der Waals surface area contributed by atoms with Crippen molar-refractivity contribution in [2.24, 2.45) is 0 Å². The fourth-order valence-electron chi connectivity index (χ4n) is 1.68. The van der Waals surface area contributed by atoms with E-state index >= 15 is 0 Å². The van der Waals surface area contributed by atoms with Crippen LogP contribution in [0.3, 0.4) is 0 Å². The Hall–Kier alpha value is -1.07. The smallest absolute Gasteiger partial charge is 0.320 e. The number of aryl methyl sites for hydroxylation is 2. The summed E-state index contributed by atoms with van der Waals surface area (Å²) in [5, 5.41) is 19.6. The number of phenolic OH excluding ortho intramolecular Hbond substituents is 2. The molecule has 0 aliphatic heterocycles. The van der Waals surface area contributed by atoms with Gasteiger partial charge in [0.1, 0.15) is 11.5 Å². The number of hydrogen-bond donors (Lipinski definition) is 3. The molecule has 2 rings (SSSR count). The van der Waals surface area contributed by atoms with Crippen LogP contribution in [0.1, 0.15) is 11.1 Å². The Morgan fingerprint density at radius 3 is 1.57 bits per heavy atom. The van der Waals surface area contributed by atoms with E-state index in [1.165, 1.54) is 12.1 Å². The quantitative estimate of drug-likeness (QED) is 0.699. The summed E-state index contributed by atoms with van der Waals surface area (Å²) in [7, 11) is 0. The van der Waals surface area contributed by atoms with Crippen LogP contribution in [0.2, 0.25) is 0 Å². The first-order valence-electron chi connectivity index (χ1n) is 6.08. The Morgan fingerprint density at radius 2 is 1.24 bits per heavy atom. The third-order valence-corrected chi connectivity index (χ3v) is 8.11. The molecule has 0 atom stereocenters. The standard InChI is InChI=1S/C14H15O4PS2/c1-9-3-5-13(11(15)7-9)20-19(17,18)21-14-6-4-10(2)8-12(14)16/h3-8,15-16H,1-2H3,(H,17,18). The van der Waals surface area contributed by atoms with Gasteiger partial charge >= 0.3 is 5.77 Å². The van der Waals surface area contributed by atoms with Gasteiger partial charge in [-0.05, 0) is 72.0 Å². The highest BCUT2D eigenvalue weighted by Crippen LogP contribution is 2.72. The average molecular weight is 342 g/mol. The lowest BCUT2D eigenvalue weighted by Gasteiger charge is -2.12. The number of aromatic hydroxyl groups is 2. The first-order chi connectivity index (χ1) is 9.77. The third kappa shape index (κ3) is 4.45. The molecule has 0 bridgehead atoms. The zero-order valence-electron chi connectivity index (χ0n) is 11.5. The summed E-state index contributed by atoms with van der Waals surface area (Å²) in [6, 6.07) is 9.81. The van der Waals surface area contributed by atoms with Crippen LogP contribution in [0.15, 0.2) is 46.2 Å². The Kier molecular flexibility index (Phi) is 4.94. The Balaban J connectivity index is 2.20. The van der Waals surface area contributed by atoms with Crippen LogP contribution in [-0.4, -0.2) is 15.1 Å². The second kappa shape index (κ2) is 6.36. The first-order valence-corrected chi connectivity index (χ1v) is 10.6. The molecule has 0 saturated heterocycles. The van der Waals surface area contributed by atoms with Gasteiger partial charge in [0.2, 0.25) is 0 Å². The van der Waals surface area contributed by atoms with Crippen LogP contribution < -0.4 is 0 Å². The van der Waals surface area contributed by atoms with Gasteiger partial charge in [-0.25, -0.2) is 0 Å². The minimum Gasteiger partial charge on any atom is -0.507 e. The molecular weight excluding hydrogens is 327 g/mol. The van der Waals surface area contributed by atoms with Crippen molar-refractivity contribution in [1.82, 2.24) is 0 Å². The van der Waals surface area contributed by atoms with Gasteiger partial charge in [-0.1, -0.05) is 12.1 Å². The molecule has 0 spiro atoms. The van der Waals surface area contributed by atoms with E-state index in [4.69, 9.17) is 0 Å². The molecule has 0 aliphatic carbocycles. The average Bonchev–Trinajstić information content (AvgIpc) is 2.36. The second-order valence-electron chi connectivity index (χ2n) is 4.59. The molecule has 112 valence electrons. The van der Waals surface area contributed by atoms with Crippen molar-refractivity contribution in [3.05, 3.63) is 47.5 Å². The Bertz CT molecular complexity index is 661. The lowest BCUT2D eigenvalue weighted by molar-refractivity contribution is 0.461. The van der Waals surface area contributed by atoms with Crippen LogP contribution in [-0.2, 0) is 4.57 Å². The zero-order valence-corrected chi connectivity index (χ0v) is 14.0. The molecule has 0 unspecified atom stereocenters. The predicted octanol–water partition coefficient (Wildman–Crippen LogP) is 4.70. The first kappa shape index (κ1) is 16.3. The molecule has 2 aromatic rings. The molecule has 4 nitrogen and oxygen atoms in total. The van der Waals surface area contributed by atoms with Gasteiger partial charge < -0.3 is 15.1 Å². The molecular formula is C14H15O4PS2. The van der Waals surface area contributed by atoms with Gasteiger partial charge in [-0.2, -0.15) is 0 Å². The Labute approximate surface area is 131 Å². The molecule has 3 N–H and O–H groups in total. The van der Waals surface area contributed by atoms with Crippen molar-refractivity contribution in [1.29, 1.82) is 0 Å². The van der Waals surface area contributed by atoms with E-state index in [0.29, 0.717) is 32.6 Å². The number of hydrogen-bond acceptors (Lipinski definition) is 5. The molecule has 0 aliphatic rings. The topological polar surface area (TPSA) is 77.8 Å². The van der Waals surface area contributed by atoms with E-state index in [1.54, 1.807) is 24.3 Å². The zero-order chi connectivity index (χ0) is 15.6. The molecule has 0 aromatic heterocycles. The highest BCUT2D eigenvalue weighted by atomic mass is 33.1. The van der Waals surface area contributed by atoms with Crippen LogP contribution in [0.4, 0.5) is 0 Å². The fraction of sp³-hybridized carbons (Fsp3) is 0.143. The van der Waals surface area contributed by atoms with Crippen molar-refractivity contribution >= 4 is 28.5 Å². The van der Waals surface area contributed by atoms with E-state index in [2.05, 4.69) is 0 Å². The third-order valence-electron chi connectivity index (χ3n) is 2.66. The van der Waals surface area contributed by atoms with Gasteiger partial charge in [0, 0.05) is 0 Å². The summed E-state index contributed by atoms with van der Waals surface area (Å²) < 4.78 is 12.3. The number of benzene rings is 2. The summed E-state index contributed by atoms with van der Waals surface area (Å²) in [5.41, 5.74) is 1.74. The molecule has 0 saturated carbocycles. The van der Waals surface area contributed by atoms with E-state index in [0.717, 1.165) is 11.1 Å². The van der Waals surface area contributed by atoms with Crippen LogP contribution in [0.25, 0.3) is 0 Å². The second-order valence-corrected chi connectivity index (χ2v) is 11.5. The van der Waals surface area contributed by atoms with E-state index < -0.39 is 5.77 Å². The summed E-state index contributed by atoms with van der Waals surface area (Å²) in [5.74, 6) is -3.76. The molecule has 7 heteroatoms. The van der Waals surface area contributed by atoms with Gasteiger partial charge in [0.15, 0.2) is 0 Å². The normalized spacial score (nSPS) is 11.6. The van der Waals surface area contributed by atoms with E-state index in [-0.39, 0.29) is 11.5 Å². The minimum atomic E-state index is -3.71. The lowest BCUT2D eigenvalue weighted by atomic mass is 10.2. The summed E-state index contributed by atoms with van der Waals surface area (Å²) in [4.78, 5) is 10.7. The molecule has 0 fully saturated rings. The van der Waals surface area contributed by atoms with Crippen LogP contribution in [0, 0.1) is 13.8 Å². The molecule has 0 heterocycles. The van der Waals surface area contributed by atoms with Gasteiger partial charge in [-0.15, -0.1) is 0 Å². The largest absolute Gasteiger partial charge is 0.507 e. The van der Waals surface area contributed by atoms with Crippen molar-refractivity contribution in [2.75, 3.05) is 0 Å². The van der Waals surface area contributed by atoms with Crippen molar-refractivity contribution in [3.63, 3.8) is 0 Å². The maximum atomic E-state index is 12.3. The maximum Gasteiger partial charge on any atom is 0.320 e. The van der Waals surface area contributed by atoms with Crippen LogP contribution >= 0.6 is 28.5 Å². The summed E-state index contributed by atoms with van der Waals surface area (Å²) in [6.07, 6.45) is 0. The molecule has 21 heavy (non-hydrogen) atoms. The monoisotopic (exact) mass is 342 g/mol. The lowest BCUT2D eigenvalue weighted by Crippen LogP contribution is -1.79. The molecule has 0 amide bonds. The predicted molar refractivity (Wildman–Crippen MR) is 87.2 cm³/mol. The summed E-state index contributed by atoms with van der Waals surface area (Å²) >= 11 is 1.40.